The molecule has 0 fully saturated rings. The van der Waals surface area contributed by atoms with Crippen molar-refractivity contribution >= 4 is 5.78 Å². The van der Waals surface area contributed by atoms with E-state index in [0.29, 0.717) is 5.57 Å². The van der Waals surface area contributed by atoms with Crippen molar-refractivity contribution in [3.8, 4) is 0 Å². The Morgan fingerprint density at radius 1 is 1.48 bits per heavy atom. The van der Waals surface area contributed by atoms with Crippen molar-refractivity contribution in [2.45, 2.75) is 50.3 Å². The topological polar surface area (TPSA) is 107 Å². The van der Waals surface area contributed by atoms with Crippen LogP contribution in [0.2, 0.25) is 0 Å². The zero-order valence-electron chi connectivity index (χ0n) is 11.9. The molecular weight excluding hydrogens is 276 g/mol. The number of allylic oxidation sites excluding steroid dienone is 1. The summed E-state index contributed by atoms with van der Waals surface area (Å²) in [6.07, 6.45) is 1.50. The number of Topliss-reactive ketones (excluding diaryl/α,β-unsaturated/α-hetero) is 1. The van der Waals surface area contributed by atoms with Crippen molar-refractivity contribution in [1.29, 1.82) is 0 Å². The minimum Gasteiger partial charge on any atom is -0.494 e. The summed E-state index contributed by atoms with van der Waals surface area (Å²) >= 11 is 0. The van der Waals surface area contributed by atoms with Crippen molar-refractivity contribution in [2.75, 3.05) is 0 Å². The van der Waals surface area contributed by atoms with Gasteiger partial charge >= 0.3 is 0 Å². The van der Waals surface area contributed by atoms with E-state index >= 15 is 0 Å². The predicted molar refractivity (Wildman–Crippen MR) is 74.1 cm³/mol. The number of carbonyl (C=O) groups excluding carboxylic acids is 1. The fraction of sp³-hybridized carbons (Fsp3) is 0.533. The second kappa shape index (κ2) is 5.73. The van der Waals surface area contributed by atoms with Gasteiger partial charge in [-0.1, -0.05) is 12.2 Å². The molecule has 2 rings (SSSR count). The first-order chi connectivity index (χ1) is 9.78. The van der Waals surface area contributed by atoms with Crippen molar-refractivity contribution in [3.05, 3.63) is 35.6 Å². The number of ketones is 1. The van der Waals surface area contributed by atoms with E-state index in [1.165, 1.54) is 25.3 Å². The molecule has 0 bridgehead atoms. The van der Waals surface area contributed by atoms with Gasteiger partial charge in [-0.05, 0) is 25.5 Å². The molecule has 0 amide bonds. The summed E-state index contributed by atoms with van der Waals surface area (Å²) in [4.78, 5) is 12.1. The van der Waals surface area contributed by atoms with Crippen LogP contribution in [0.25, 0.3) is 0 Å². The molecule has 6 nitrogen and oxygen atoms in total. The molecule has 0 aromatic heterocycles. The second-order valence-electron chi connectivity index (χ2n) is 5.53. The highest BCUT2D eigenvalue weighted by atomic mass is 16.5. The van der Waals surface area contributed by atoms with Crippen LogP contribution < -0.4 is 0 Å². The van der Waals surface area contributed by atoms with Crippen molar-refractivity contribution < 1.29 is 30.0 Å². The fourth-order valence-corrected chi connectivity index (χ4v) is 2.46. The lowest BCUT2D eigenvalue weighted by Gasteiger charge is -2.37. The molecule has 4 N–H and O–H groups in total. The minimum absolute atomic E-state index is 0.167. The van der Waals surface area contributed by atoms with Crippen LogP contribution in [0.5, 0.6) is 0 Å². The van der Waals surface area contributed by atoms with Crippen molar-refractivity contribution in [3.63, 3.8) is 0 Å². The van der Waals surface area contributed by atoms with E-state index in [-0.39, 0.29) is 12.0 Å². The van der Waals surface area contributed by atoms with E-state index in [1.54, 1.807) is 13.0 Å². The van der Waals surface area contributed by atoms with Crippen LogP contribution in [0.4, 0.5) is 0 Å². The summed E-state index contributed by atoms with van der Waals surface area (Å²) in [7, 11) is 0. The zero-order chi connectivity index (χ0) is 15.8. The average molecular weight is 296 g/mol. The predicted octanol–water partition coefficient (Wildman–Crippen LogP) is -0.422. The first-order valence-corrected chi connectivity index (χ1v) is 6.80. The molecule has 5 atom stereocenters. The van der Waals surface area contributed by atoms with Gasteiger partial charge in [-0.2, -0.15) is 0 Å². The highest BCUT2D eigenvalue weighted by Gasteiger charge is 2.46. The van der Waals surface area contributed by atoms with Gasteiger partial charge in [-0.3, -0.25) is 4.79 Å². The molecule has 0 spiro atoms. The Labute approximate surface area is 122 Å². The van der Waals surface area contributed by atoms with Crippen LogP contribution in [-0.4, -0.2) is 56.2 Å². The smallest absolute Gasteiger partial charge is 0.200 e. The third-order valence-electron chi connectivity index (χ3n) is 3.89. The van der Waals surface area contributed by atoms with E-state index in [1.807, 2.05) is 0 Å². The van der Waals surface area contributed by atoms with E-state index in [9.17, 15) is 25.2 Å². The quantitative estimate of drug-likeness (QED) is 0.527. The highest BCUT2D eigenvalue weighted by molar-refractivity contribution is 6.06. The van der Waals surface area contributed by atoms with Crippen molar-refractivity contribution in [2.24, 2.45) is 0 Å². The largest absolute Gasteiger partial charge is 0.494 e. The third-order valence-corrected chi connectivity index (χ3v) is 3.89. The molecule has 0 radical (unpaired) electrons. The van der Waals surface area contributed by atoms with Gasteiger partial charge in [0.15, 0.2) is 11.4 Å². The van der Waals surface area contributed by atoms with Gasteiger partial charge in [0.1, 0.15) is 24.4 Å². The van der Waals surface area contributed by atoms with Crippen LogP contribution >= 0.6 is 0 Å². The van der Waals surface area contributed by atoms with Gasteiger partial charge in [0.25, 0.3) is 0 Å². The molecule has 2 aliphatic rings. The number of hydrogen-bond acceptors (Lipinski definition) is 6. The molecule has 0 saturated carbocycles. The standard InChI is InChI=1S/C15H20O6/c1-3-4-10(16)13(18)11-5-8-6-12(17)15(2,20)14(19)9(8)7-21-11/h3-4,6-7,10-13,16-18,20H,5H2,1-2H3/b4-3+/t10?,11-,12+,13?,15+/m0/s1. The van der Waals surface area contributed by atoms with E-state index < -0.39 is 35.8 Å². The molecule has 1 heterocycles. The van der Waals surface area contributed by atoms with Crippen LogP contribution in [0.3, 0.4) is 0 Å². The Morgan fingerprint density at radius 2 is 2.14 bits per heavy atom. The van der Waals surface area contributed by atoms with E-state index in [2.05, 4.69) is 0 Å². The third kappa shape index (κ3) is 2.80. The Balaban J connectivity index is 2.22. The normalized spacial score (nSPS) is 35.6. The number of ether oxygens (including phenoxy) is 1. The lowest BCUT2D eigenvalue weighted by Crippen LogP contribution is -2.51. The first-order valence-electron chi connectivity index (χ1n) is 6.80. The van der Waals surface area contributed by atoms with E-state index in [0.717, 1.165) is 0 Å². The second-order valence-corrected chi connectivity index (χ2v) is 5.53. The molecule has 0 aromatic carbocycles. The molecule has 2 unspecified atom stereocenters. The summed E-state index contributed by atoms with van der Waals surface area (Å²) in [5, 5.41) is 39.5. The highest BCUT2D eigenvalue weighted by Crippen LogP contribution is 2.35. The molecule has 0 saturated heterocycles. The van der Waals surface area contributed by atoms with E-state index in [4.69, 9.17) is 4.74 Å². The Kier molecular flexibility index (Phi) is 4.34. The molecule has 6 heteroatoms. The van der Waals surface area contributed by atoms with Gasteiger partial charge in [-0.25, -0.2) is 0 Å². The van der Waals surface area contributed by atoms with Gasteiger partial charge in [0.2, 0.25) is 0 Å². The Bertz CT molecular complexity index is 516. The van der Waals surface area contributed by atoms with Gasteiger partial charge in [-0.15, -0.1) is 0 Å². The fourth-order valence-electron chi connectivity index (χ4n) is 2.46. The van der Waals surface area contributed by atoms with Gasteiger partial charge in [0, 0.05) is 6.42 Å². The lowest BCUT2D eigenvalue weighted by molar-refractivity contribution is -0.141. The minimum atomic E-state index is -1.88. The molecule has 1 aliphatic heterocycles. The lowest BCUT2D eigenvalue weighted by atomic mass is 9.77. The van der Waals surface area contributed by atoms with Crippen LogP contribution in [-0.2, 0) is 9.53 Å². The number of rotatable bonds is 3. The number of hydrogen-bond donors (Lipinski definition) is 4. The Hall–Kier alpha value is -1.47. The SMILES string of the molecule is C/C=C/C(O)C(O)[C@@H]1CC2=C[C@@H](O)[C@@](C)(O)C(=O)C2=CO1. The summed E-state index contributed by atoms with van der Waals surface area (Å²) in [6.45, 7) is 2.96. The van der Waals surface area contributed by atoms with Crippen LogP contribution in [0.15, 0.2) is 35.6 Å². The summed E-state index contributed by atoms with van der Waals surface area (Å²) in [5.41, 5.74) is -1.19. The number of carbonyl (C=O) groups is 1. The summed E-state index contributed by atoms with van der Waals surface area (Å²) in [6, 6.07) is 0. The van der Waals surface area contributed by atoms with Crippen LogP contribution in [0, 0.1) is 0 Å². The molecule has 0 aromatic rings. The van der Waals surface area contributed by atoms with Gasteiger partial charge in [0.05, 0.1) is 11.8 Å². The molecular formula is C15H20O6. The number of fused-ring (bicyclic) bond motifs is 1. The average Bonchev–Trinajstić information content (AvgIpc) is 2.44. The van der Waals surface area contributed by atoms with Crippen molar-refractivity contribution in [1.82, 2.24) is 0 Å². The number of aliphatic hydroxyl groups is 4. The van der Waals surface area contributed by atoms with Crippen LogP contribution in [0.1, 0.15) is 20.3 Å². The molecule has 21 heavy (non-hydrogen) atoms. The maximum absolute atomic E-state index is 12.1. The molecule has 1 aliphatic carbocycles. The summed E-state index contributed by atoms with van der Waals surface area (Å²) in [5.74, 6) is -0.616. The maximum Gasteiger partial charge on any atom is 0.200 e. The first kappa shape index (κ1) is 15.9. The Morgan fingerprint density at radius 3 is 2.76 bits per heavy atom. The van der Waals surface area contributed by atoms with Gasteiger partial charge < -0.3 is 25.2 Å². The monoisotopic (exact) mass is 296 g/mol. The zero-order valence-corrected chi connectivity index (χ0v) is 11.9. The maximum atomic E-state index is 12.1. The number of aliphatic hydroxyl groups excluding tert-OH is 3. The summed E-state index contributed by atoms with van der Waals surface area (Å²) < 4.78 is 5.32. The molecule has 116 valence electrons.